The summed E-state index contributed by atoms with van der Waals surface area (Å²) in [4.78, 5) is 11.6. The van der Waals surface area contributed by atoms with Gasteiger partial charge >= 0.3 is 6.09 Å². The first-order valence-corrected chi connectivity index (χ1v) is 7.36. The molecule has 0 saturated heterocycles. The molecule has 0 unspecified atom stereocenters. The highest BCUT2D eigenvalue weighted by Gasteiger charge is 2.15. The molecule has 0 radical (unpaired) electrons. The van der Waals surface area contributed by atoms with Gasteiger partial charge in [-0.05, 0) is 56.6 Å². The maximum Gasteiger partial charge on any atom is 0.412 e. The van der Waals surface area contributed by atoms with Crippen molar-refractivity contribution in [3.8, 4) is 0 Å². The van der Waals surface area contributed by atoms with Crippen LogP contribution in [0.15, 0.2) is 29.6 Å². The minimum absolute atomic E-state index is 0.461. The summed E-state index contributed by atoms with van der Waals surface area (Å²) < 4.78 is 8.99. The summed E-state index contributed by atoms with van der Waals surface area (Å²) in [7, 11) is 0. The van der Waals surface area contributed by atoms with Crippen LogP contribution in [0.4, 0.5) is 16.2 Å². The Hall–Kier alpha value is -2.15. The second kappa shape index (κ2) is 6.53. The number of amides is 1. The quantitative estimate of drug-likeness (QED) is 0.904. The number of ether oxygens (including phenoxy) is 1. The summed E-state index contributed by atoms with van der Waals surface area (Å²) >= 11 is 1.33. The molecule has 0 bridgehead atoms. The third-order valence-electron chi connectivity index (χ3n) is 2.41. The lowest BCUT2D eigenvalue weighted by Crippen LogP contribution is -2.27. The number of aromatic nitrogens is 2. The summed E-state index contributed by atoms with van der Waals surface area (Å²) in [5.74, 6) is 0. The number of nitrogens with zero attached hydrogens (tertiary/aromatic N) is 2. The van der Waals surface area contributed by atoms with E-state index in [1.165, 1.54) is 11.5 Å². The van der Waals surface area contributed by atoms with Crippen LogP contribution < -0.4 is 10.6 Å². The van der Waals surface area contributed by atoms with E-state index in [9.17, 15) is 4.79 Å². The summed E-state index contributed by atoms with van der Waals surface area (Å²) in [6.45, 7) is 6.10. The molecule has 7 heteroatoms. The Labute approximate surface area is 127 Å². The minimum atomic E-state index is -0.507. The summed E-state index contributed by atoms with van der Waals surface area (Å²) in [6, 6.07) is 7.39. The van der Waals surface area contributed by atoms with Crippen molar-refractivity contribution in [2.45, 2.75) is 32.9 Å². The number of benzene rings is 1. The Bertz CT molecular complexity index is 576. The Morgan fingerprint density at radius 3 is 2.48 bits per heavy atom. The summed E-state index contributed by atoms with van der Waals surface area (Å²) in [5.41, 5.74) is 2.02. The number of rotatable bonds is 4. The molecule has 0 aliphatic rings. The van der Waals surface area contributed by atoms with Gasteiger partial charge in [-0.2, -0.15) is 0 Å². The van der Waals surface area contributed by atoms with E-state index in [0.717, 1.165) is 11.4 Å². The van der Waals surface area contributed by atoms with Crippen LogP contribution in [0.25, 0.3) is 0 Å². The number of nitrogens with one attached hydrogen (secondary N) is 2. The first-order chi connectivity index (χ1) is 9.92. The lowest BCUT2D eigenvalue weighted by molar-refractivity contribution is 0.0636. The van der Waals surface area contributed by atoms with Crippen molar-refractivity contribution >= 4 is 29.0 Å². The van der Waals surface area contributed by atoms with Gasteiger partial charge in [-0.15, -0.1) is 5.10 Å². The van der Waals surface area contributed by atoms with Crippen LogP contribution in [0.2, 0.25) is 0 Å². The van der Waals surface area contributed by atoms with E-state index in [-0.39, 0.29) is 0 Å². The Morgan fingerprint density at radius 1 is 1.24 bits per heavy atom. The molecular formula is C14H18N4O2S. The molecule has 1 amide bonds. The van der Waals surface area contributed by atoms with Gasteiger partial charge < -0.3 is 10.1 Å². The molecule has 0 aliphatic heterocycles. The number of hydrogen-bond acceptors (Lipinski definition) is 6. The van der Waals surface area contributed by atoms with Crippen LogP contribution in [0.1, 0.15) is 26.5 Å². The number of hydrogen-bond donors (Lipinski definition) is 2. The molecule has 6 nitrogen and oxygen atoms in total. The molecule has 0 aliphatic carbocycles. The van der Waals surface area contributed by atoms with Gasteiger partial charge in [0, 0.05) is 16.8 Å². The van der Waals surface area contributed by atoms with Crippen molar-refractivity contribution in [1.82, 2.24) is 9.59 Å². The topological polar surface area (TPSA) is 76.1 Å². The van der Waals surface area contributed by atoms with Gasteiger partial charge in [0.05, 0.1) is 12.2 Å². The normalized spacial score (nSPS) is 11.0. The van der Waals surface area contributed by atoms with Gasteiger partial charge in [0.15, 0.2) is 0 Å². The molecule has 0 spiro atoms. The zero-order chi connectivity index (χ0) is 15.3. The molecule has 1 heterocycles. The van der Waals surface area contributed by atoms with Crippen molar-refractivity contribution in [1.29, 1.82) is 0 Å². The third kappa shape index (κ3) is 5.39. The van der Waals surface area contributed by atoms with E-state index < -0.39 is 11.7 Å². The minimum Gasteiger partial charge on any atom is -0.444 e. The largest absolute Gasteiger partial charge is 0.444 e. The van der Waals surface area contributed by atoms with Crippen LogP contribution in [0.5, 0.6) is 0 Å². The fourth-order valence-electron chi connectivity index (χ4n) is 1.55. The standard InChI is InChI=1S/C14H18N4O2S/c1-14(2,3)20-13(19)16-11-6-4-10(5-7-11)15-8-12-9-21-18-17-12/h4-7,9,15H,8H2,1-3H3,(H,16,19). The molecule has 2 N–H and O–H groups in total. The first kappa shape index (κ1) is 15.2. The zero-order valence-corrected chi connectivity index (χ0v) is 13.0. The number of carbonyl (C=O) groups is 1. The smallest absolute Gasteiger partial charge is 0.412 e. The lowest BCUT2D eigenvalue weighted by atomic mass is 10.2. The maximum absolute atomic E-state index is 11.6. The molecule has 0 saturated carbocycles. The fraction of sp³-hybridized carbons (Fsp3) is 0.357. The van der Waals surface area contributed by atoms with Crippen LogP contribution in [-0.4, -0.2) is 21.3 Å². The van der Waals surface area contributed by atoms with E-state index in [4.69, 9.17) is 4.74 Å². The van der Waals surface area contributed by atoms with Crippen LogP contribution >= 0.6 is 11.5 Å². The van der Waals surface area contributed by atoms with Gasteiger partial charge in [-0.3, -0.25) is 5.32 Å². The van der Waals surface area contributed by atoms with E-state index >= 15 is 0 Å². The van der Waals surface area contributed by atoms with Crippen molar-refractivity contribution < 1.29 is 9.53 Å². The second-order valence-corrected chi connectivity index (χ2v) is 6.06. The SMILES string of the molecule is CC(C)(C)OC(=O)Nc1ccc(NCc2csnn2)cc1. The molecule has 2 aromatic rings. The number of carbonyl (C=O) groups excluding carboxylic acids is 1. The molecule has 21 heavy (non-hydrogen) atoms. The monoisotopic (exact) mass is 306 g/mol. The zero-order valence-electron chi connectivity index (χ0n) is 12.2. The Balaban J connectivity index is 1.85. The molecule has 1 aromatic carbocycles. The molecule has 1 aromatic heterocycles. The van der Waals surface area contributed by atoms with Crippen LogP contribution in [0, 0.1) is 0 Å². The van der Waals surface area contributed by atoms with Gasteiger partial charge in [0.25, 0.3) is 0 Å². The molecular weight excluding hydrogens is 288 g/mol. The molecule has 0 fully saturated rings. The molecule has 0 atom stereocenters. The maximum atomic E-state index is 11.6. The van der Waals surface area contributed by atoms with Crippen LogP contribution in [0.3, 0.4) is 0 Å². The van der Waals surface area contributed by atoms with Gasteiger partial charge in [-0.1, -0.05) is 4.49 Å². The summed E-state index contributed by atoms with van der Waals surface area (Å²) in [6.07, 6.45) is -0.461. The van der Waals surface area contributed by atoms with Gasteiger partial charge in [0.2, 0.25) is 0 Å². The molecule has 112 valence electrons. The average Bonchev–Trinajstić information content (AvgIpc) is 2.89. The van der Waals surface area contributed by atoms with E-state index in [0.29, 0.717) is 12.2 Å². The lowest BCUT2D eigenvalue weighted by Gasteiger charge is -2.19. The van der Waals surface area contributed by atoms with E-state index in [2.05, 4.69) is 20.2 Å². The second-order valence-electron chi connectivity index (χ2n) is 5.45. The average molecular weight is 306 g/mol. The number of anilines is 2. The molecule has 2 rings (SSSR count). The first-order valence-electron chi connectivity index (χ1n) is 6.52. The van der Waals surface area contributed by atoms with Crippen LogP contribution in [-0.2, 0) is 11.3 Å². The third-order valence-corrected chi connectivity index (χ3v) is 2.96. The van der Waals surface area contributed by atoms with Gasteiger partial charge in [0.1, 0.15) is 5.60 Å². The van der Waals surface area contributed by atoms with Crippen molar-refractivity contribution in [2.75, 3.05) is 10.6 Å². The van der Waals surface area contributed by atoms with Crippen molar-refractivity contribution in [2.24, 2.45) is 0 Å². The van der Waals surface area contributed by atoms with E-state index in [1.54, 1.807) is 0 Å². The highest BCUT2D eigenvalue weighted by molar-refractivity contribution is 7.03. The highest BCUT2D eigenvalue weighted by Crippen LogP contribution is 2.16. The van der Waals surface area contributed by atoms with E-state index in [1.807, 2.05) is 50.4 Å². The predicted molar refractivity (Wildman–Crippen MR) is 83.5 cm³/mol. The Kier molecular flexibility index (Phi) is 4.74. The highest BCUT2D eigenvalue weighted by atomic mass is 32.1. The summed E-state index contributed by atoms with van der Waals surface area (Å²) in [5, 5.41) is 11.8. The predicted octanol–water partition coefficient (Wildman–Crippen LogP) is 3.50. The van der Waals surface area contributed by atoms with Crippen molar-refractivity contribution in [3.63, 3.8) is 0 Å². The van der Waals surface area contributed by atoms with Gasteiger partial charge in [-0.25, -0.2) is 4.79 Å². The Morgan fingerprint density at radius 2 is 1.90 bits per heavy atom. The van der Waals surface area contributed by atoms with Crippen molar-refractivity contribution in [3.05, 3.63) is 35.3 Å². The fourth-order valence-corrected chi connectivity index (χ4v) is 2.00.